The van der Waals surface area contributed by atoms with Gasteiger partial charge in [-0.2, -0.15) is 0 Å². The number of aliphatic hydroxyl groups excluding tert-OH is 3. The van der Waals surface area contributed by atoms with Crippen LogP contribution in [0.2, 0.25) is 0 Å². The summed E-state index contributed by atoms with van der Waals surface area (Å²) in [5.41, 5.74) is 0. The summed E-state index contributed by atoms with van der Waals surface area (Å²) in [6.45, 7) is 23.8. The topological polar surface area (TPSA) is 131 Å². The van der Waals surface area contributed by atoms with E-state index < -0.39 is 0 Å². The maximum absolute atomic E-state index is 7.57. The lowest BCUT2D eigenvalue weighted by Crippen LogP contribution is -1.57. The molecule has 0 heterocycles. The summed E-state index contributed by atoms with van der Waals surface area (Å²) in [6.07, 6.45) is 0. The fourth-order valence-corrected chi connectivity index (χ4v) is 0. The maximum Gasteiger partial charge on any atom is 0.0402 e. The van der Waals surface area contributed by atoms with Crippen LogP contribution in [0.3, 0.4) is 0 Å². The lowest BCUT2D eigenvalue weighted by atomic mass is 10.9. The Bertz CT molecular complexity index is 41.2. The molecule has 0 rings (SSSR count). The van der Waals surface area contributed by atoms with Gasteiger partial charge in [-0.15, -0.1) is 39.5 Å². The minimum Gasteiger partial charge on any atom is -0.397 e. The average Bonchev–Trinajstić information content (AvgIpc) is 2.29. The van der Waals surface area contributed by atoms with Crippen LogP contribution in [0.15, 0.2) is 39.5 Å². The van der Waals surface area contributed by atoms with Gasteiger partial charge in [0.15, 0.2) is 0 Å². The van der Waals surface area contributed by atoms with Gasteiger partial charge in [0.2, 0.25) is 0 Å². The van der Waals surface area contributed by atoms with E-state index in [1.807, 2.05) is 0 Å². The molecular formula is C12H36N2O3. The van der Waals surface area contributed by atoms with Crippen LogP contribution >= 0.6 is 0 Å². The molecule has 0 amide bonds. The summed E-state index contributed by atoms with van der Waals surface area (Å²) in [4.78, 5) is 0. The monoisotopic (exact) mass is 256 g/mol. The summed E-state index contributed by atoms with van der Waals surface area (Å²) in [6, 6.07) is 0. The minimum absolute atomic E-state index is 0. The Balaban J connectivity index is -0.00000000943. The van der Waals surface area contributed by atoms with Gasteiger partial charge in [-0.1, -0.05) is 0 Å². The molecule has 0 aliphatic carbocycles. The molecule has 0 saturated heterocycles. The number of hydrogen-bond donors (Lipinski definition) is 5. The Labute approximate surface area is 108 Å². The first kappa shape index (κ1) is 56.2. The van der Waals surface area contributed by atoms with E-state index in [9.17, 15) is 0 Å². The van der Waals surface area contributed by atoms with Crippen LogP contribution < -0.4 is 12.3 Å². The van der Waals surface area contributed by atoms with Crippen molar-refractivity contribution in [3.05, 3.63) is 39.5 Å². The van der Waals surface area contributed by atoms with Crippen molar-refractivity contribution in [3.63, 3.8) is 0 Å². The molecule has 9 N–H and O–H groups in total. The summed E-state index contributed by atoms with van der Waals surface area (Å²) in [7, 11) is 0. The number of hydrogen-bond acceptors (Lipinski definition) is 5. The Kier molecular flexibility index (Phi) is 2390. The summed E-state index contributed by atoms with van der Waals surface area (Å²) >= 11 is 0. The van der Waals surface area contributed by atoms with Crippen molar-refractivity contribution in [3.8, 4) is 0 Å². The first-order valence-corrected chi connectivity index (χ1v) is 4.57. The quantitative estimate of drug-likeness (QED) is 0.425. The highest BCUT2D eigenvalue weighted by molar-refractivity contribution is 4.22. The zero-order valence-corrected chi connectivity index (χ0v) is 12.1. The van der Waals surface area contributed by atoms with E-state index in [0.29, 0.717) is 0 Å². The van der Waals surface area contributed by atoms with E-state index in [-0.39, 0.29) is 32.1 Å². The first-order valence-electron chi connectivity index (χ1n) is 4.57. The molecule has 0 unspecified atom stereocenters. The molecule has 0 saturated carbocycles. The molecule has 17 heavy (non-hydrogen) atoms. The molecule has 0 aromatic rings. The Morgan fingerprint density at radius 1 is 0.529 bits per heavy atom. The second kappa shape index (κ2) is 724. The van der Waals surface area contributed by atoms with Crippen LogP contribution in [0.1, 0.15) is 20.8 Å². The maximum atomic E-state index is 7.57. The Hall–Kier alpha value is -0.980. The Morgan fingerprint density at radius 3 is 0.529 bits per heavy atom. The Morgan fingerprint density at radius 2 is 0.529 bits per heavy atom. The van der Waals surface area contributed by atoms with Crippen molar-refractivity contribution in [1.29, 1.82) is 0 Å². The fourth-order valence-electron chi connectivity index (χ4n) is 0. The van der Waals surface area contributed by atoms with Crippen LogP contribution in [-0.4, -0.2) is 35.1 Å². The third-order valence-electron chi connectivity index (χ3n) is 0. The van der Waals surface area contributed by atoms with Crippen LogP contribution in [0.5, 0.6) is 0 Å². The molecule has 0 aromatic heterocycles. The fraction of sp³-hybridized carbons (Fsp3) is 0.500. The molecule has 0 bridgehead atoms. The van der Waals surface area contributed by atoms with Gasteiger partial charge in [0, 0.05) is 19.8 Å². The van der Waals surface area contributed by atoms with E-state index in [1.165, 1.54) is 0 Å². The van der Waals surface area contributed by atoms with E-state index in [0.717, 1.165) is 0 Å². The van der Waals surface area contributed by atoms with Gasteiger partial charge >= 0.3 is 0 Å². The van der Waals surface area contributed by atoms with Crippen molar-refractivity contribution >= 4 is 0 Å². The highest BCUT2D eigenvalue weighted by Crippen LogP contribution is 1.30. The van der Waals surface area contributed by atoms with E-state index in [4.69, 9.17) is 15.3 Å². The van der Waals surface area contributed by atoms with Crippen molar-refractivity contribution in [2.24, 2.45) is 0 Å². The SMILES string of the molecule is C=C.C=C.C=C.CCO.CCO.CCO.N.N. The van der Waals surface area contributed by atoms with Gasteiger partial charge in [0.25, 0.3) is 0 Å². The third kappa shape index (κ3) is 2650. The molecule has 0 fully saturated rings. The van der Waals surface area contributed by atoms with Gasteiger partial charge in [-0.05, 0) is 20.8 Å². The second-order valence-electron chi connectivity index (χ2n) is 0.949. The molecule has 0 aromatic carbocycles. The molecule has 5 heteroatoms. The molecule has 0 aliphatic heterocycles. The zero-order valence-electron chi connectivity index (χ0n) is 12.1. The van der Waals surface area contributed by atoms with Gasteiger partial charge in [0.1, 0.15) is 0 Å². The minimum atomic E-state index is 0. The lowest BCUT2D eigenvalue weighted by molar-refractivity contribution is 0.318. The van der Waals surface area contributed by atoms with Crippen molar-refractivity contribution in [2.45, 2.75) is 20.8 Å². The van der Waals surface area contributed by atoms with Crippen LogP contribution in [0.25, 0.3) is 0 Å². The van der Waals surface area contributed by atoms with Crippen LogP contribution in [0, 0.1) is 0 Å². The van der Waals surface area contributed by atoms with E-state index >= 15 is 0 Å². The van der Waals surface area contributed by atoms with Crippen molar-refractivity contribution in [2.75, 3.05) is 19.8 Å². The van der Waals surface area contributed by atoms with Gasteiger partial charge < -0.3 is 27.6 Å². The summed E-state index contributed by atoms with van der Waals surface area (Å²) in [5, 5.41) is 22.7. The largest absolute Gasteiger partial charge is 0.397 e. The molecule has 5 nitrogen and oxygen atoms in total. The van der Waals surface area contributed by atoms with Crippen molar-refractivity contribution < 1.29 is 15.3 Å². The van der Waals surface area contributed by atoms with Crippen molar-refractivity contribution in [1.82, 2.24) is 12.3 Å². The predicted octanol–water partition coefficient (Wildman–Crippen LogP) is 2.73. The first-order chi connectivity index (χ1) is 7.24. The average molecular weight is 256 g/mol. The lowest BCUT2D eigenvalue weighted by Gasteiger charge is -1.52. The van der Waals surface area contributed by atoms with Crippen LogP contribution in [0.4, 0.5) is 0 Å². The number of aliphatic hydroxyl groups is 3. The second-order valence-corrected chi connectivity index (χ2v) is 0.949. The standard InChI is InChI=1S/3C2H6O.3C2H4.2H3N/c3*1-2-3;3*1-2;;/h3*3H,2H2,1H3;3*1-2H2;2*1H3. The highest BCUT2D eigenvalue weighted by Gasteiger charge is 1.35. The number of rotatable bonds is 0. The van der Waals surface area contributed by atoms with E-state index in [2.05, 4.69) is 39.5 Å². The molecule has 0 atom stereocenters. The molecule has 0 spiro atoms. The van der Waals surface area contributed by atoms with Gasteiger partial charge in [-0.25, -0.2) is 0 Å². The van der Waals surface area contributed by atoms with Crippen LogP contribution in [-0.2, 0) is 0 Å². The smallest absolute Gasteiger partial charge is 0.0402 e. The zero-order chi connectivity index (χ0) is 14.1. The molecule has 0 radical (unpaired) electrons. The summed E-state index contributed by atoms with van der Waals surface area (Å²) < 4.78 is 0. The van der Waals surface area contributed by atoms with Gasteiger partial charge in [-0.3, -0.25) is 0 Å². The summed E-state index contributed by atoms with van der Waals surface area (Å²) in [5.74, 6) is 0. The molecule has 112 valence electrons. The highest BCUT2D eigenvalue weighted by atomic mass is 16.3. The third-order valence-corrected chi connectivity index (χ3v) is 0. The van der Waals surface area contributed by atoms with E-state index in [1.54, 1.807) is 20.8 Å². The molecular weight excluding hydrogens is 220 g/mol. The predicted molar refractivity (Wildman–Crippen MR) is 82.1 cm³/mol. The normalized spacial score (nSPS) is 3.88. The molecule has 0 aliphatic rings. The van der Waals surface area contributed by atoms with Gasteiger partial charge in [0.05, 0.1) is 0 Å².